The van der Waals surface area contributed by atoms with Crippen molar-refractivity contribution in [1.29, 1.82) is 0 Å². The van der Waals surface area contributed by atoms with Crippen LogP contribution in [0.2, 0.25) is 0 Å². The number of benzene rings is 2. The molecule has 0 fully saturated rings. The maximum Gasteiger partial charge on any atom is 0.307 e. The summed E-state index contributed by atoms with van der Waals surface area (Å²) >= 11 is 0. The van der Waals surface area contributed by atoms with E-state index in [4.69, 9.17) is 5.11 Å². The van der Waals surface area contributed by atoms with Gasteiger partial charge in [0, 0.05) is 28.9 Å². The number of carboxylic acids is 1. The quantitative estimate of drug-likeness (QED) is 0.476. The van der Waals surface area contributed by atoms with Gasteiger partial charge in [0.25, 0.3) is 0 Å². The fraction of sp³-hybridized carbons (Fsp3) is 0.320. The molecule has 1 amide bonds. The van der Waals surface area contributed by atoms with Crippen LogP contribution in [0.25, 0.3) is 0 Å². The standard InChI is InChI=1S/C25H26F2N2O4/c26-17-6-3-5-16(13-17)11-12-28-25(33)19-7-1-2-10-22(19)29-15-23(30)18-8-4-9-21(27)20(18)14-24(31)32/h3-6,8-9,13,29H,1-2,7,10-12,14-15H2,(H,28,33)(H,31,32). The third-order valence-corrected chi connectivity index (χ3v) is 5.54. The summed E-state index contributed by atoms with van der Waals surface area (Å²) in [6, 6.07) is 10.1. The lowest BCUT2D eigenvalue weighted by molar-refractivity contribution is -0.136. The van der Waals surface area contributed by atoms with E-state index in [0.717, 1.165) is 24.5 Å². The molecule has 0 radical (unpaired) electrons. The molecule has 2 aromatic carbocycles. The van der Waals surface area contributed by atoms with Crippen molar-refractivity contribution in [3.05, 3.63) is 82.1 Å². The average molecular weight is 456 g/mol. The number of ketones is 1. The van der Waals surface area contributed by atoms with Crippen LogP contribution in [0.3, 0.4) is 0 Å². The molecule has 8 heteroatoms. The van der Waals surface area contributed by atoms with Gasteiger partial charge in [-0.1, -0.05) is 24.3 Å². The predicted molar refractivity (Wildman–Crippen MR) is 119 cm³/mol. The van der Waals surface area contributed by atoms with Crippen molar-refractivity contribution in [1.82, 2.24) is 10.6 Å². The molecule has 33 heavy (non-hydrogen) atoms. The van der Waals surface area contributed by atoms with Gasteiger partial charge in [-0.3, -0.25) is 14.4 Å². The minimum Gasteiger partial charge on any atom is -0.481 e. The first kappa shape index (κ1) is 24.1. The molecule has 0 bridgehead atoms. The van der Waals surface area contributed by atoms with Gasteiger partial charge in [0.05, 0.1) is 13.0 Å². The normalized spacial score (nSPS) is 13.5. The Labute approximate surface area is 190 Å². The Hall–Kier alpha value is -3.55. The third-order valence-electron chi connectivity index (χ3n) is 5.54. The van der Waals surface area contributed by atoms with Crippen LogP contribution in [0, 0.1) is 11.6 Å². The summed E-state index contributed by atoms with van der Waals surface area (Å²) in [7, 11) is 0. The van der Waals surface area contributed by atoms with E-state index in [1.807, 2.05) is 0 Å². The SMILES string of the molecule is O=C(O)Cc1c(F)cccc1C(=O)CNC1=C(C(=O)NCCc2cccc(F)c2)CCCC1. The molecule has 0 heterocycles. The van der Waals surface area contributed by atoms with Gasteiger partial charge < -0.3 is 15.7 Å². The van der Waals surface area contributed by atoms with Gasteiger partial charge >= 0.3 is 5.97 Å². The van der Waals surface area contributed by atoms with E-state index in [-0.39, 0.29) is 29.4 Å². The zero-order valence-electron chi connectivity index (χ0n) is 18.1. The van der Waals surface area contributed by atoms with Crippen LogP contribution in [0.1, 0.15) is 47.2 Å². The second-order valence-corrected chi connectivity index (χ2v) is 7.91. The lowest BCUT2D eigenvalue weighted by atomic mass is 9.95. The van der Waals surface area contributed by atoms with E-state index < -0.39 is 24.0 Å². The molecule has 6 nitrogen and oxygen atoms in total. The van der Waals surface area contributed by atoms with E-state index in [1.165, 1.54) is 24.3 Å². The van der Waals surface area contributed by atoms with Crippen LogP contribution in [0.4, 0.5) is 8.78 Å². The predicted octanol–water partition coefficient (Wildman–Crippen LogP) is 3.55. The fourth-order valence-electron chi connectivity index (χ4n) is 3.90. The molecular formula is C25H26F2N2O4. The summed E-state index contributed by atoms with van der Waals surface area (Å²) in [6.45, 7) is 0.172. The number of carbonyl (C=O) groups is 3. The number of Topliss-reactive ketones (excluding diaryl/α,β-unsaturated/α-hetero) is 1. The lowest BCUT2D eigenvalue weighted by Gasteiger charge is -2.21. The van der Waals surface area contributed by atoms with Gasteiger partial charge in [-0.05, 0) is 55.9 Å². The number of allylic oxidation sites excluding steroid dienone is 1. The number of halogens is 2. The average Bonchev–Trinajstić information content (AvgIpc) is 2.78. The zero-order chi connectivity index (χ0) is 23.8. The smallest absolute Gasteiger partial charge is 0.307 e. The molecule has 0 unspecified atom stereocenters. The van der Waals surface area contributed by atoms with E-state index in [2.05, 4.69) is 10.6 Å². The number of hydrogen-bond donors (Lipinski definition) is 3. The Kier molecular flexibility index (Phi) is 8.29. The van der Waals surface area contributed by atoms with Crippen molar-refractivity contribution in [3.63, 3.8) is 0 Å². The highest BCUT2D eigenvalue weighted by Gasteiger charge is 2.21. The van der Waals surface area contributed by atoms with Gasteiger partial charge in [0.1, 0.15) is 11.6 Å². The molecule has 3 rings (SSSR count). The van der Waals surface area contributed by atoms with E-state index >= 15 is 0 Å². The summed E-state index contributed by atoms with van der Waals surface area (Å²) in [4.78, 5) is 36.5. The highest BCUT2D eigenvalue weighted by molar-refractivity contribution is 6.00. The summed E-state index contributed by atoms with van der Waals surface area (Å²) in [5.41, 5.74) is 1.88. The number of amides is 1. The Morgan fingerprint density at radius 2 is 1.76 bits per heavy atom. The third kappa shape index (κ3) is 6.71. The van der Waals surface area contributed by atoms with Crippen LogP contribution in [0.15, 0.2) is 53.7 Å². The summed E-state index contributed by atoms with van der Waals surface area (Å²) in [6.07, 6.45) is 2.77. The second-order valence-electron chi connectivity index (χ2n) is 7.91. The Morgan fingerprint density at radius 1 is 1.00 bits per heavy atom. The second kappa shape index (κ2) is 11.4. The van der Waals surface area contributed by atoms with Crippen LogP contribution < -0.4 is 10.6 Å². The first-order valence-electron chi connectivity index (χ1n) is 10.9. The molecule has 2 aromatic rings. The summed E-state index contributed by atoms with van der Waals surface area (Å²) < 4.78 is 27.4. The highest BCUT2D eigenvalue weighted by Crippen LogP contribution is 2.23. The van der Waals surface area contributed by atoms with Gasteiger partial charge in [0.2, 0.25) is 5.91 Å². The number of aliphatic carboxylic acids is 1. The minimum atomic E-state index is -1.23. The minimum absolute atomic E-state index is 0.0161. The fourth-order valence-corrected chi connectivity index (χ4v) is 3.90. The molecule has 0 saturated heterocycles. The number of rotatable bonds is 10. The van der Waals surface area contributed by atoms with Crippen LogP contribution >= 0.6 is 0 Å². The van der Waals surface area contributed by atoms with Gasteiger partial charge in [-0.15, -0.1) is 0 Å². The molecule has 0 saturated carbocycles. The number of carbonyl (C=O) groups excluding carboxylic acids is 2. The maximum atomic E-state index is 14.1. The summed E-state index contributed by atoms with van der Waals surface area (Å²) in [5, 5.41) is 14.9. The summed E-state index contributed by atoms with van der Waals surface area (Å²) in [5.74, 6) is -2.98. The lowest BCUT2D eigenvalue weighted by Crippen LogP contribution is -2.33. The van der Waals surface area contributed by atoms with Gasteiger partial charge in [0.15, 0.2) is 5.78 Å². The van der Waals surface area contributed by atoms with Crippen LogP contribution in [-0.2, 0) is 22.4 Å². The molecule has 0 spiro atoms. The van der Waals surface area contributed by atoms with Crippen molar-refractivity contribution >= 4 is 17.7 Å². The number of hydrogen-bond acceptors (Lipinski definition) is 4. The van der Waals surface area contributed by atoms with Crippen molar-refractivity contribution in [2.75, 3.05) is 13.1 Å². The Bertz CT molecular complexity index is 1080. The van der Waals surface area contributed by atoms with Crippen LogP contribution in [0.5, 0.6) is 0 Å². The molecule has 1 aliphatic rings. The highest BCUT2D eigenvalue weighted by atomic mass is 19.1. The molecule has 0 aliphatic heterocycles. The van der Waals surface area contributed by atoms with E-state index in [9.17, 15) is 23.2 Å². The molecule has 174 valence electrons. The van der Waals surface area contributed by atoms with E-state index in [1.54, 1.807) is 12.1 Å². The maximum absolute atomic E-state index is 14.1. The zero-order valence-corrected chi connectivity index (χ0v) is 18.1. The number of nitrogens with one attached hydrogen (secondary N) is 2. The van der Waals surface area contributed by atoms with Crippen molar-refractivity contribution in [2.24, 2.45) is 0 Å². The van der Waals surface area contributed by atoms with Crippen molar-refractivity contribution in [3.8, 4) is 0 Å². The van der Waals surface area contributed by atoms with Crippen molar-refractivity contribution in [2.45, 2.75) is 38.5 Å². The molecule has 3 N–H and O–H groups in total. The molecular weight excluding hydrogens is 430 g/mol. The van der Waals surface area contributed by atoms with Gasteiger partial charge in [-0.2, -0.15) is 0 Å². The van der Waals surface area contributed by atoms with Crippen molar-refractivity contribution < 1.29 is 28.3 Å². The molecule has 0 atom stereocenters. The first-order valence-corrected chi connectivity index (χ1v) is 10.9. The van der Waals surface area contributed by atoms with E-state index in [0.29, 0.717) is 37.1 Å². The largest absolute Gasteiger partial charge is 0.481 e. The first-order chi connectivity index (χ1) is 15.8. The van der Waals surface area contributed by atoms with Crippen LogP contribution in [-0.4, -0.2) is 35.9 Å². The molecule has 1 aliphatic carbocycles. The Balaban J connectivity index is 1.64. The number of carboxylic acid groups (broad SMARTS) is 1. The topological polar surface area (TPSA) is 95.5 Å². The molecule has 0 aromatic heterocycles. The Morgan fingerprint density at radius 3 is 2.52 bits per heavy atom. The van der Waals surface area contributed by atoms with Gasteiger partial charge in [-0.25, -0.2) is 8.78 Å². The monoisotopic (exact) mass is 456 g/mol.